The maximum Gasteiger partial charge on any atom is 0.303 e. The first kappa shape index (κ1) is 15.1. The minimum atomic E-state index is -0.841. The van der Waals surface area contributed by atoms with E-state index in [-0.39, 0.29) is 18.1 Å². The van der Waals surface area contributed by atoms with Gasteiger partial charge in [0.1, 0.15) is 5.82 Å². The molecule has 0 unspecified atom stereocenters. The maximum atomic E-state index is 12.9. The van der Waals surface area contributed by atoms with Crippen LogP contribution in [0.15, 0.2) is 24.3 Å². The number of nitrogens with one attached hydrogen (secondary N) is 1. The monoisotopic (exact) mass is 267 g/mol. The molecule has 4 nitrogen and oxygen atoms in total. The molecule has 104 valence electrons. The number of aliphatic carboxylic acids is 1. The van der Waals surface area contributed by atoms with E-state index in [0.29, 0.717) is 32.2 Å². The summed E-state index contributed by atoms with van der Waals surface area (Å²) in [5.41, 5.74) is 0.839. The Morgan fingerprint density at radius 3 is 2.63 bits per heavy atom. The second kappa shape index (κ2) is 8.24. The maximum absolute atomic E-state index is 12.9. The zero-order valence-electron chi connectivity index (χ0n) is 10.7. The van der Waals surface area contributed by atoms with Gasteiger partial charge in [0.25, 0.3) is 0 Å². The molecule has 0 spiro atoms. The van der Waals surface area contributed by atoms with Gasteiger partial charge in [0.05, 0.1) is 0 Å². The van der Waals surface area contributed by atoms with E-state index < -0.39 is 5.97 Å². The average molecular weight is 267 g/mol. The molecule has 0 saturated heterocycles. The number of halogens is 1. The van der Waals surface area contributed by atoms with Crippen molar-refractivity contribution < 1.29 is 19.1 Å². The van der Waals surface area contributed by atoms with Gasteiger partial charge in [-0.3, -0.25) is 9.59 Å². The molecular weight excluding hydrogens is 249 g/mol. The highest BCUT2D eigenvalue weighted by molar-refractivity contribution is 5.75. The number of amides is 1. The molecule has 0 aliphatic heterocycles. The lowest BCUT2D eigenvalue weighted by Crippen LogP contribution is -2.25. The molecule has 5 heteroatoms. The zero-order chi connectivity index (χ0) is 14.1. The smallest absolute Gasteiger partial charge is 0.303 e. The van der Waals surface area contributed by atoms with Gasteiger partial charge in [-0.1, -0.05) is 12.1 Å². The van der Waals surface area contributed by atoms with Crippen molar-refractivity contribution >= 4 is 11.9 Å². The molecule has 0 aliphatic rings. The van der Waals surface area contributed by atoms with Crippen LogP contribution in [0, 0.1) is 5.82 Å². The van der Waals surface area contributed by atoms with Crippen molar-refractivity contribution in [3.63, 3.8) is 0 Å². The van der Waals surface area contributed by atoms with Gasteiger partial charge in [-0.2, -0.15) is 0 Å². The quantitative estimate of drug-likeness (QED) is 0.709. The number of benzene rings is 1. The molecule has 1 aromatic rings. The Morgan fingerprint density at radius 2 is 1.95 bits per heavy atom. The van der Waals surface area contributed by atoms with Gasteiger partial charge in [0.15, 0.2) is 0 Å². The fourth-order valence-corrected chi connectivity index (χ4v) is 1.69. The van der Waals surface area contributed by atoms with E-state index in [9.17, 15) is 14.0 Å². The number of carboxylic acid groups (broad SMARTS) is 1. The number of rotatable bonds is 8. The Balaban J connectivity index is 2.12. The van der Waals surface area contributed by atoms with Crippen molar-refractivity contribution in [3.05, 3.63) is 35.6 Å². The molecule has 1 aromatic carbocycles. The van der Waals surface area contributed by atoms with Gasteiger partial charge in [0, 0.05) is 19.4 Å². The van der Waals surface area contributed by atoms with Gasteiger partial charge in [0.2, 0.25) is 5.91 Å². The highest BCUT2D eigenvalue weighted by Crippen LogP contribution is 2.04. The fourth-order valence-electron chi connectivity index (χ4n) is 1.69. The van der Waals surface area contributed by atoms with Crippen molar-refractivity contribution in [2.75, 3.05) is 6.54 Å². The Kier molecular flexibility index (Phi) is 6.57. The van der Waals surface area contributed by atoms with Crippen LogP contribution < -0.4 is 5.32 Å². The number of carbonyl (C=O) groups excluding carboxylic acids is 1. The summed E-state index contributed by atoms with van der Waals surface area (Å²) in [6.45, 7) is 0.460. The molecule has 0 aliphatic carbocycles. The fraction of sp³-hybridized carbons (Fsp3) is 0.429. The summed E-state index contributed by atoms with van der Waals surface area (Å²) in [5, 5.41) is 11.2. The topological polar surface area (TPSA) is 66.4 Å². The number of hydrogen-bond donors (Lipinski definition) is 2. The van der Waals surface area contributed by atoms with Crippen LogP contribution in [0.1, 0.15) is 31.2 Å². The van der Waals surface area contributed by atoms with Gasteiger partial charge in [-0.15, -0.1) is 0 Å². The van der Waals surface area contributed by atoms with E-state index >= 15 is 0 Å². The summed E-state index contributed by atoms with van der Waals surface area (Å²) in [5.74, 6) is -1.22. The van der Waals surface area contributed by atoms with E-state index in [1.807, 2.05) is 6.07 Å². The number of hydrogen-bond acceptors (Lipinski definition) is 2. The molecule has 0 aromatic heterocycles. The summed E-state index contributed by atoms with van der Waals surface area (Å²) in [6, 6.07) is 6.27. The van der Waals surface area contributed by atoms with Crippen molar-refractivity contribution in [1.29, 1.82) is 0 Å². The third kappa shape index (κ3) is 7.18. The number of carboxylic acids is 1. The second-order valence-corrected chi connectivity index (χ2v) is 4.33. The minimum Gasteiger partial charge on any atom is -0.481 e. The van der Waals surface area contributed by atoms with Crippen LogP contribution in [0.5, 0.6) is 0 Å². The van der Waals surface area contributed by atoms with Gasteiger partial charge in [-0.25, -0.2) is 4.39 Å². The molecule has 0 bridgehead atoms. The third-order valence-electron chi connectivity index (χ3n) is 2.67. The normalized spacial score (nSPS) is 10.2. The molecular formula is C14H18FNO3. The second-order valence-electron chi connectivity index (χ2n) is 4.33. The van der Waals surface area contributed by atoms with Crippen LogP contribution >= 0.6 is 0 Å². The summed E-state index contributed by atoms with van der Waals surface area (Å²) >= 11 is 0. The van der Waals surface area contributed by atoms with Gasteiger partial charge < -0.3 is 10.4 Å². The molecule has 2 N–H and O–H groups in total. The molecule has 0 saturated carbocycles. The Bertz CT molecular complexity index is 434. The molecule has 1 rings (SSSR count). The molecule has 19 heavy (non-hydrogen) atoms. The molecule has 0 heterocycles. The Labute approximate surface area is 111 Å². The molecule has 0 atom stereocenters. The zero-order valence-corrected chi connectivity index (χ0v) is 10.7. The molecule has 0 fully saturated rings. The number of carbonyl (C=O) groups is 2. The van der Waals surface area contributed by atoms with Crippen LogP contribution in [-0.4, -0.2) is 23.5 Å². The summed E-state index contributed by atoms with van der Waals surface area (Å²) in [4.78, 5) is 21.7. The van der Waals surface area contributed by atoms with Crippen molar-refractivity contribution in [2.45, 2.75) is 32.1 Å². The lowest BCUT2D eigenvalue weighted by Gasteiger charge is -2.05. The lowest BCUT2D eigenvalue weighted by molar-refractivity contribution is -0.137. The van der Waals surface area contributed by atoms with Crippen molar-refractivity contribution in [2.24, 2.45) is 0 Å². The standard InChI is InChI=1S/C14H18FNO3/c15-12-5-3-4-11(10-12)8-9-16-13(17)6-1-2-7-14(18)19/h3-5,10H,1-2,6-9H2,(H,16,17)(H,18,19). The highest BCUT2D eigenvalue weighted by Gasteiger charge is 2.03. The van der Waals surface area contributed by atoms with E-state index in [1.54, 1.807) is 6.07 Å². The predicted molar refractivity (Wildman–Crippen MR) is 69.2 cm³/mol. The Morgan fingerprint density at radius 1 is 1.21 bits per heavy atom. The van der Waals surface area contributed by atoms with Gasteiger partial charge >= 0.3 is 5.97 Å². The first-order valence-corrected chi connectivity index (χ1v) is 6.31. The van der Waals surface area contributed by atoms with Crippen LogP contribution in [-0.2, 0) is 16.0 Å². The van der Waals surface area contributed by atoms with Crippen LogP contribution in [0.3, 0.4) is 0 Å². The van der Waals surface area contributed by atoms with E-state index in [2.05, 4.69) is 5.32 Å². The largest absolute Gasteiger partial charge is 0.481 e. The van der Waals surface area contributed by atoms with Crippen molar-refractivity contribution in [3.8, 4) is 0 Å². The minimum absolute atomic E-state index is 0.0938. The SMILES string of the molecule is O=C(O)CCCCC(=O)NCCc1cccc(F)c1. The van der Waals surface area contributed by atoms with Crippen molar-refractivity contribution in [1.82, 2.24) is 5.32 Å². The van der Waals surface area contributed by atoms with Crippen LogP contribution in [0.4, 0.5) is 4.39 Å². The van der Waals surface area contributed by atoms with Gasteiger partial charge in [-0.05, 0) is 37.0 Å². The predicted octanol–water partition coefficient (Wildman–Crippen LogP) is 2.13. The average Bonchev–Trinajstić information content (AvgIpc) is 2.34. The summed E-state index contributed by atoms with van der Waals surface area (Å²) in [7, 11) is 0. The molecule has 1 amide bonds. The van der Waals surface area contributed by atoms with E-state index in [4.69, 9.17) is 5.11 Å². The van der Waals surface area contributed by atoms with Crippen LogP contribution in [0.2, 0.25) is 0 Å². The van der Waals surface area contributed by atoms with E-state index in [0.717, 1.165) is 5.56 Å². The summed E-state index contributed by atoms with van der Waals surface area (Å²) < 4.78 is 12.9. The molecule has 0 radical (unpaired) electrons. The first-order valence-electron chi connectivity index (χ1n) is 6.31. The number of unbranched alkanes of at least 4 members (excludes halogenated alkanes) is 1. The summed E-state index contributed by atoms with van der Waals surface area (Å²) in [6.07, 6.45) is 2.08. The van der Waals surface area contributed by atoms with Crippen LogP contribution in [0.25, 0.3) is 0 Å². The Hall–Kier alpha value is -1.91. The van der Waals surface area contributed by atoms with E-state index in [1.165, 1.54) is 12.1 Å². The highest BCUT2D eigenvalue weighted by atomic mass is 19.1. The third-order valence-corrected chi connectivity index (χ3v) is 2.67. The lowest BCUT2D eigenvalue weighted by atomic mass is 10.1. The first-order chi connectivity index (χ1) is 9.08.